The van der Waals surface area contributed by atoms with Crippen LogP contribution >= 0.6 is 0 Å². The van der Waals surface area contributed by atoms with Crippen molar-refractivity contribution >= 4 is 11.9 Å². The van der Waals surface area contributed by atoms with Gasteiger partial charge in [0.15, 0.2) is 23.1 Å². The Hall–Kier alpha value is -2.78. The highest BCUT2D eigenvalue weighted by molar-refractivity contribution is 5.79. The topological polar surface area (TPSA) is 30.8 Å². The van der Waals surface area contributed by atoms with Crippen LogP contribution in [0.2, 0.25) is 0 Å². The predicted molar refractivity (Wildman–Crippen MR) is 71.9 cm³/mol. The van der Waals surface area contributed by atoms with Crippen LogP contribution in [0.15, 0.2) is 17.1 Å². The smallest absolute Gasteiger partial charge is 0.437 e. The van der Waals surface area contributed by atoms with Gasteiger partial charge in [-0.05, 0) is 6.07 Å². The van der Waals surface area contributed by atoms with Gasteiger partial charge in [-0.3, -0.25) is 0 Å². The zero-order valence-corrected chi connectivity index (χ0v) is 12.1. The maximum Gasteiger partial charge on any atom is 0.437 e. The van der Waals surface area contributed by atoms with E-state index in [-0.39, 0.29) is 6.21 Å². The van der Waals surface area contributed by atoms with Crippen LogP contribution in [0.5, 0.6) is 11.5 Å². The van der Waals surface area contributed by atoms with Crippen LogP contribution in [0, 0.1) is 29.1 Å². The third-order valence-electron chi connectivity index (χ3n) is 3.35. The van der Waals surface area contributed by atoms with Gasteiger partial charge >= 0.3 is 6.11 Å². The first-order chi connectivity index (χ1) is 11.7. The fourth-order valence-electron chi connectivity index (χ4n) is 2.26. The van der Waals surface area contributed by atoms with Crippen molar-refractivity contribution in [3.63, 3.8) is 0 Å². The molecule has 0 atom stereocenters. The lowest BCUT2D eigenvalue weighted by Gasteiger charge is -2.20. The Morgan fingerprint density at radius 2 is 1.56 bits per heavy atom. The van der Waals surface area contributed by atoms with Crippen molar-refractivity contribution in [3.8, 4) is 22.6 Å². The molecule has 0 spiro atoms. The summed E-state index contributed by atoms with van der Waals surface area (Å²) < 4.78 is 104. The third-order valence-corrected chi connectivity index (χ3v) is 3.35. The fraction of sp³-hybridized carbons (Fsp3) is 0.133. The first kappa shape index (κ1) is 17.1. The van der Waals surface area contributed by atoms with Gasteiger partial charge in [0.1, 0.15) is 17.7 Å². The third kappa shape index (κ3) is 2.67. The molecule has 0 aliphatic carbocycles. The minimum atomic E-state index is -3.80. The first-order valence-corrected chi connectivity index (χ1v) is 6.52. The number of alkyl halides is 2. The summed E-state index contributed by atoms with van der Waals surface area (Å²) in [4.78, 5) is 3.29. The Kier molecular flexibility index (Phi) is 3.85. The summed E-state index contributed by atoms with van der Waals surface area (Å²) in [6.45, 7) is 0. The van der Waals surface area contributed by atoms with Gasteiger partial charge in [0.05, 0.1) is 12.7 Å². The number of methoxy groups -OCH3 is 1. The Bertz CT molecular complexity index is 882. The molecule has 0 radical (unpaired) electrons. The highest BCUT2D eigenvalue weighted by atomic mass is 19.3. The molecule has 25 heavy (non-hydrogen) atoms. The van der Waals surface area contributed by atoms with Crippen molar-refractivity contribution in [3.05, 3.63) is 41.2 Å². The molecule has 0 amide bonds. The number of hydrogen-bond donors (Lipinski definition) is 0. The van der Waals surface area contributed by atoms with Crippen molar-refractivity contribution in [2.24, 2.45) is 4.99 Å². The van der Waals surface area contributed by atoms with Gasteiger partial charge in [-0.2, -0.15) is 17.6 Å². The van der Waals surface area contributed by atoms with Gasteiger partial charge in [0.25, 0.3) is 0 Å². The number of aliphatic imine (C=N–C) groups is 1. The Balaban J connectivity index is 2.26. The molecule has 10 heteroatoms. The number of halogens is 7. The van der Waals surface area contributed by atoms with E-state index in [1.165, 1.54) is 0 Å². The lowest BCUT2D eigenvalue weighted by molar-refractivity contribution is -0.109. The summed E-state index contributed by atoms with van der Waals surface area (Å²) >= 11 is 0. The SMILES string of the molecule is COc1c(F)c(F)c(-c2cc3c(cc2F)OC(F)(F)C=N3)c(F)c1F. The van der Waals surface area contributed by atoms with E-state index in [2.05, 4.69) is 14.5 Å². The largest absolute Gasteiger partial charge is 0.491 e. The van der Waals surface area contributed by atoms with Crippen LogP contribution in [0.1, 0.15) is 0 Å². The van der Waals surface area contributed by atoms with Crippen LogP contribution in [-0.4, -0.2) is 19.4 Å². The lowest BCUT2D eigenvalue weighted by atomic mass is 10.0. The van der Waals surface area contributed by atoms with Crippen molar-refractivity contribution in [2.45, 2.75) is 6.11 Å². The molecule has 132 valence electrons. The summed E-state index contributed by atoms with van der Waals surface area (Å²) in [6.07, 6.45) is -3.71. The molecule has 0 fully saturated rings. The molecule has 0 unspecified atom stereocenters. The second-order valence-corrected chi connectivity index (χ2v) is 4.89. The van der Waals surface area contributed by atoms with Crippen molar-refractivity contribution in [1.82, 2.24) is 0 Å². The van der Waals surface area contributed by atoms with Crippen LogP contribution < -0.4 is 9.47 Å². The molecule has 0 saturated carbocycles. The van der Waals surface area contributed by atoms with E-state index in [9.17, 15) is 30.7 Å². The molecule has 3 nitrogen and oxygen atoms in total. The molecule has 3 rings (SSSR count). The van der Waals surface area contributed by atoms with Gasteiger partial charge in [-0.15, -0.1) is 0 Å². The van der Waals surface area contributed by atoms with Crippen LogP contribution in [-0.2, 0) is 0 Å². The van der Waals surface area contributed by atoms with Crippen molar-refractivity contribution in [2.75, 3.05) is 7.11 Å². The summed E-state index contributed by atoms with van der Waals surface area (Å²) in [5, 5.41) is 0. The summed E-state index contributed by atoms with van der Waals surface area (Å²) in [7, 11) is 0.783. The Labute approximate surface area is 135 Å². The normalized spacial score (nSPS) is 14.9. The Morgan fingerprint density at radius 1 is 0.960 bits per heavy atom. The molecule has 0 N–H and O–H groups in total. The number of rotatable bonds is 2. The number of fused-ring (bicyclic) bond motifs is 1. The van der Waals surface area contributed by atoms with Crippen LogP contribution in [0.4, 0.5) is 36.4 Å². The van der Waals surface area contributed by atoms with E-state index >= 15 is 0 Å². The van der Waals surface area contributed by atoms with E-state index in [0.29, 0.717) is 12.1 Å². The molecule has 0 aromatic heterocycles. The zero-order chi connectivity index (χ0) is 18.5. The van der Waals surface area contributed by atoms with Gasteiger partial charge in [-0.25, -0.2) is 18.2 Å². The van der Waals surface area contributed by atoms with E-state index < -0.39 is 63.5 Å². The van der Waals surface area contributed by atoms with Crippen LogP contribution in [0.25, 0.3) is 11.1 Å². The second kappa shape index (κ2) is 5.64. The number of nitrogens with zero attached hydrogens (tertiary/aromatic N) is 1. The summed E-state index contributed by atoms with van der Waals surface area (Å²) in [5.41, 5.74) is -2.71. The standard InChI is InChI=1S/C15H6F7NO2/c1-24-14-12(19)10(17)9(11(18)13(14)20)5-2-7-8(3-6(5)16)25-15(21,22)4-23-7/h2-4H,1H3. The zero-order valence-electron chi connectivity index (χ0n) is 12.1. The average Bonchev–Trinajstić information content (AvgIpc) is 2.54. The molecule has 1 aliphatic rings. The first-order valence-electron chi connectivity index (χ1n) is 6.52. The quantitative estimate of drug-likeness (QED) is 0.568. The molecule has 0 saturated heterocycles. The van der Waals surface area contributed by atoms with Crippen molar-refractivity contribution < 1.29 is 40.2 Å². The van der Waals surface area contributed by atoms with E-state index in [4.69, 9.17) is 0 Å². The second-order valence-electron chi connectivity index (χ2n) is 4.89. The predicted octanol–water partition coefficient (Wildman–Crippen LogP) is 4.75. The average molecular weight is 365 g/mol. The minimum absolute atomic E-state index is 0.0823. The minimum Gasteiger partial charge on any atom is -0.491 e. The highest BCUT2D eigenvalue weighted by Gasteiger charge is 2.35. The number of hydrogen-bond acceptors (Lipinski definition) is 3. The monoisotopic (exact) mass is 365 g/mol. The highest BCUT2D eigenvalue weighted by Crippen LogP contribution is 2.43. The molecule has 1 heterocycles. The maximum atomic E-state index is 14.1. The van der Waals surface area contributed by atoms with E-state index in [1.807, 2.05) is 0 Å². The summed E-state index contributed by atoms with van der Waals surface area (Å²) in [5.74, 6) is -11.1. The van der Waals surface area contributed by atoms with E-state index in [1.54, 1.807) is 0 Å². The molecular weight excluding hydrogens is 359 g/mol. The maximum absolute atomic E-state index is 14.1. The van der Waals surface area contributed by atoms with Crippen molar-refractivity contribution in [1.29, 1.82) is 0 Å². The van der Waals surface area contributed by atoms with Gasteiger partial charge in [-0.1, -0.05) is 0 Å². The van der Waals surface area contributed by atoms with Gasteiger partial charge < -0.3 is 9.47 Å². The van der Waals surface area contributed by atoms with Gasteiger partial charge in [0.2, 0.25) is 11.6 Å². The molecule has 2 aromatic carbocycles. The molecule has 2 aromatic rings. The Morgan fingerprint density at radius 3 is 2.12 bits per heavy atom. The number of ether oxygens (including phenoxy) is 2. The summed E-state index contributed by atoms with van der Waals surface area (Å²) in [6, 6.07) is 1.01. The van der Waals surface area contributed by atoms with Crippen LogP contribution in [0.3, 0.4) is 0 Å². The lowest BCUT2D eigenvalue weighted by Crippen LogP contribution is -2.28. The fourth-order valence-corrected chi connectivity index (χ4v) is 2.26. The molecular formula is C15H6F7NO2. The van der Waals surface area contributed by atoms with E-state index in [0.717, 1.165) is 7.11 Å². The molecule has 1 aliphatic heterocycles. The number of benzene rings is 2. The van der Waals surface area contributed by atoms with Gasteiger partial charge in [0, 0.05) is 11.6 Å². The molecule has 0 bridgehead atoms.